The first-order chi connectivity index (χ1) is 9.34. The van der Waals surface area contributed by atoms with Gasteiger partial charge in [0, 0.05) is 12.1 Å². The topological polar surface area (TPSA) is 33.6 Å². The lowest BCUT2D eigenvalue weighted by atomic mass is 10.0. The summed E-state index contributed by atoms with van der Waals surface area (Å²) < 4.78 is 2.75. The van der Waals surface area contributed by atoms with Crippen LogP contribution in [0.25, 0.3) is 5.69 Å². The number of hydrogen-bond donors (Lipinski definition) is 1. The summed E-state index contributed by atoms with van der Waals surface area (Å²) >= 11 is 5.35. The van der Waals surface area contributed by atoms with Crippen LogP contribution in [-0.2, 0) is 6.42 Å². The fraction of sp³-hybridized carbons (Fsp3) is 0.467. The van der Waals surface area contributed by atoms with Gasteiger partial charge in [-0.25, -0.2) is 0 Å². The van der Waals surface area contributed by atoms with Crippen LogP contribution in [0.15, 0.2) is 30.3 Å². The highest BCUT2D eigenvalue weighted by atomic mass is 32.1. The molecule has 0 spiro atoms. The van der Waals surface area contributed by atoms with Crippen LogP contribution in [0.3, 0.4) is 0 Å². The molecular weight excluding hydrogens is 254 g/mol. The summed E-state index contributed by atoms with van der Waals surface area (Å²) in [5.74, 6) is 1.94. The van der Waals surface area contributed by atoms with Crippen LogP contribution in [0.4, 0.5) is 0 Å². The Hall–Kier alpha value is -1.42. The molecule has 3 nitrogen and oxygen atoms in total. The lowest BCUT2D eigenvalue weighted by molar-refractivity contribution is 0.495. The lowest BCUT2D eigenvalue weighted by Crippen LogP contribution is -2.04. The van der Waals surface area contributed by atoms with E-state index in [2.05, 4.69) is 26.9 Å². The smallest absolute Gasteiger partial charge is 0.199 e. The van der Waals surface area contributed by atoms with Crippen LogP contribution < -0.4 is 0 Å². The number of rotatable bonds is 4. The fourth-order valence-corrected chi connectivity index (χ4v) is 3.23. The van der Waals surface area contributed by atoms with Crippen molar-refractivity contribution in [1.29, 1.82) is 0 Å². The molecule has 1 aromatic carbocycles. The highest BCUT2D eigenvalue weighted by molar-refractivity contribution is 7.71. The Morgan fingerprint density at radius 2 is 1.95 bits per heavy atom. The van der Waals surface area contributed by atoms with Crippen molar-refractivity contribution in [2.24, 2.45) is 5.92 Å². The quantitative estimate of drug-likeness (QED) is 0.853. The molecule has 19 heavy (non-hydrogen) atoms. The summed E-state index contributed by atoms with van der Waals surface area (Å²) in [6, 6.07) is 10.2. The normalized spacial score (nSPS) is 16.0. The van der Waals surface area contributed by atoms with Gasteiger partial charge in [-0.1, -0.05) is 43.9 Å². The van der Waals surface area contributed by atoms with Crippen molar-refractivity contribution in [1.82, 2.24) is 14.8 Å². The molecule has 0 aliphatic heterocycles. The second kappa shape index (κ2) is 5.70. The summed E-state index contributed by atoms with van der Waals surface area (Å²) in [5.41, 5.74) is 1.10. The molecule has 0 saturated heterocycles. The Morgan fingerprint density at radius 1 is 1.21 bits per heavy atom. The molecule has 0 bridgehead atoms. The van der Waals surface area contributed by atoms with Crippen molar-refractivity contribution < 1.29 is 0 Å². The minimum absolute atomic E-state index is 0.688. The summed E-state index contributed by atoms with van der Waals surface area (Å²) in [5, 5.41) is 7.33. The van der Waals surface area contributed by atoms with E-state index in [0.717, 1.165) is 23.9 Å². The van der Waals surface area contributed by atoms with Gasteiger partial charge in [-0.2, -0.15) is 5.10 Å². The number of H-pyrrole nitrogens is 1. The SMILES string of the molecule is S=c1[nH]nc(CCC2CCCC2)n1-c1ccccc1. The van der Waals surface area contributed by atoms with Crippen LogP contribution in [-0.4, -0.2) is 14.8 Å². The summed E-state index contributed by atoms with van der Waals surface area (Å²) in [6.45, 7) is 0. The molecule has 0 radical (unpaired) electrons. The molecular formula is C15H19N3S. The van der Waals surface area contributed by atoms with Crippen molar-refractivity contribution in [2.75, 3.05) is 0 Å². The van der Waals surface area contributed by atoms with Gasteiger partial charge in [0.25, 0.3) is 0 Å². The minimum atomic E-state index is 0.688. The Bertz CT molecular complexity index is 579. The maximum Gasteiger partial charge on any atom is 0.199 e. The van der Waals surface area contributed by atoms with Crippen molar-refractivity contribution in [3.8, 4) is 5.69 Å². The zero-order chi connectivity index (χ0) is 13.1. The number of para-hydroxylation sites is 1. The molecule has 1 saturated carbocycles. The van der Waals surface area contributed by atoms with E-state index < -0.39 is 0 Å². The van der Waals surface area contributed by atoms with Gasteiger partial charge in [-0.05, 0) is 36.7 Å². The first-order valence-corrected chi connectivity index (χ1v) is 7.47. The van der Waals surface area contributed by atoms with E-state index in [0.29, 0.717) is 4.77 Å². The van der Waals surface area contributed by atoms with Crippen LogP contribution in [0.5, 0.6) is 0 Å². The predicted octanol–water partition coefficient (Wildman–Crippen LogP) is 4.05. The number of hydrogen-bond acceptors (Lipinski definition) is 2. The number of nitrogens with one attached hydrogen (secondary N) is 1. The number of aromatic amines is 1. The Kier molecular flexibility index (Phi) is 3.78. The van der Waals surface area contributed by atoms with Crippen molar-refractivity contribution in [3.63, 3.8) is 0 Å². The van der Waals surface area contributed by atoms with Gasteiger partial charge in [0.15, 0.2) is 4.77 Å². The fourth-order valence-electron chi connectivity index (χ4n) is 2.97. The third-order valence-corrected chi connectivity index (χ3v) is 4.28. The lowest BCUT2D eigenvalue weighted by Gasteiger charge is -2.09. The van der Waals surface area contributed by atoms with Gasteiger partial charge in [0.2, 0.25) is 0 Å². The van der Waals surface area contributed by atoms with Crippen molar-refractivity contribution in [3.05, 3.63) is 40.9 Å². The molecule has 1 aliphatic carbocycles. The number of aromatic nitrogens is 3. The summed E-state index contributed by atoms with van der Waals surface area (Å²) in [6.07, 6.45) is 7.80. The van der Waals surface area contributed by atoms with E-state index in [-0.39, 0.29) is 0 Å². The Balaban J connectivity index is 1.80. The maximum atomic E-state index is 5.35. The second-order valence-corrected chi connectivity index (χ2v) is 5.69. The van der Waals surface area contributed by atoms with E-state index in [1.165, 1.54) is 32.1 Å². The first kappa shape index (κ1) is 12.6. The standard InChI is InChI=1S/C15H19N3S/c19-15-17-16-14(11-10-12-6-4-5-7-12)18(15)13-8-2-1-3-9-13/h1-3,8-9,12H,4-7,10-11H2,(H,17,19). The molecule has 0 atom stereocenters. The van der Waals surface area contributed by atoms with E-state index in [9.17, 15) is 0 Å². The average Bonchev–Trinajstić information content (AvgIpc) is 3.07. The number of nitrogens with zero attached hydrogens (tertiary/aromatic N) is 2. The molecule has 100 valence electrons. The molecule has 1 aliphatic rings. The van der Waals surface area contributed by atoms with Gasteiger partial charge >= 0.3 is 0 Å². The highest BCUT2D eigenvalue weighted by Gasteiger charge is 2.16. The van der Waals surface area contributed by atoms with Crippen molar-refractivity contribution >= 4 is 12.2 Å². The number of aryl methyl sites for hydroxylation is 1. The molecule has 4 heteroatoms. The molecule has 3 rings (SSSR count). The van der Waals surface area contributed by atoms with Gasteiger partial charge in [0.05, 0.1) is 0 Å². The van der Waals surface area contributed by atoms with Crippen molar-refractivity contribution in [2.45, 2.75) is 38.5 Å². The van der Waals surface area contributed by atoms with E-state index in [1.54, 1.807) is 0 Å². The van der Waals surface area contributed by atoms with Crippen LogP contribution in [0.1, 0.15) is 37.9 Å². The summed E-state index contributed by atoms with van der Waals surface area (Å²) in [7, 11) is 0. The Morgan fingerprint density at radius 3 is 2.68 bits per heavy atom. The van der Waals surface area contributed by atoms with Crippen LogP contribution in [0.2, 0.25) is 0 Å². The largest absolute Gasteiger partial charge is 0.272 e. The Labute approximate surface area is 118 Å². The van der Waals surface area contributed by atoms with E-state index in [1.807, 2.05) is 18.2 Å². The second-order valence-electron chi connectivity index (χ2n) is 5.31. The van der Waals surface area contributed by atoms with Crippen LogP contribution in [0, 0.1) is 10.7 Å². The predicted molar refractivity (Wildman–Crippen MR) is 79.0 cm³/mol. The average molecular weight is 273 g/mol. The van der Waals surface area contributed by atoms with Gasteiger partial charge < -0.3 is 0 Å². The first-order valence-electron chi connectivity index (χ1n) is 7.06. The molecule has 0 amide bonds. The molecule has 0 unspecified atom stereocenters. The highest BCUT2D eigenvalue weighted by Crippen LogP contribution is 2.28. The monoisotopic (exact) mass is 273 g/mol. The molecule has 1 aromatic heterocycles. The molecule has 1 fully saturated rings. The van der Waals surface area contributed by atoms with Crippen LogP contribution >= 0.6 is 12.2 Å². The van der Waals surface area contributed by atoms with Gasteiger partial charge in [-0.15, -0.1) is 0 Å². The zero-order valence-corrected chi connectivity index (χ0v) is 11.8. The maximum absolute atomic E-state index is 5.35. The van der Waals surface area contributed by atoms with E-state index in [4.69, 9.17) is 12.2 Å². The van der Waals surface area contributed by atoms with Gasteiger partial charge in [-0.3, -0.25) is 9.67 Å². The third-order valence-electron chi connectivity index (χ3n) is 4.01. The van der Waals surface area contributed by atoms with E-state index >= 15 is 0 Å². The summed E-state index contributed by atoms with van der Waals surface area (Å²) in [4.78, 5) is 0. The molecule has 1 heterocycles. The van der Waals surface area contributed by atoms with Gasteiger partial charge in [0.1, 0.15) is 5.82 Å². The number of benzene rings is 1. The minimum Gasteiger partial charge on any atom is -0.272 e. The molecule has 2 aromatic rings. The third kappa shape index (κ3) is 2.78. The zero-order valence-electron chi connectivity index (χ0n) is 11.0. The molecule has 1 N–H and O–H groups in total.